The van der Waals surface area contributed by atoms with Gasteiger partial charge in [0, 0.05) is 29.3 Å². The Hall–Kier alpha value is -3.41. The molecule has 0 amide bonds. The van der Waals surface area contributed by atoms with E-state index in [0.29, 0.717) is 29.2 Å². The minimum Gasteiger partial charge on any atom is -0.460 e. The second-order valence-corrected chi connectivity index (χ2v) is 8.05. The largest absolute Gasteiger partial charge is 0.460 e. The molecule has 0 saturated heterocycles. The van der Waals surface area contributed by atoms with Crippen molar-refractivity contribution in [3.8, 4) is 11.5 Å². The van der Waals surface area contributed by atoms with Gasteiger partial charge in [-0.2, -0.15) is 0 Å². The second kappa shape index (κ2) is 8.02. The zero-order valence-electron chi connectivity index (χ0n) is 17.3. The van der Waals surface area contributed by atoms with Crippen LogP contribution in [-0.2, 0) is 20.9 Å². The number of esters is 1. The summed E-state index contributed by atoms with van der Waals surface area (Å²) >= 11 is 0. The lowest BCUT2D eigenvalue weighted by Gasteiger charge is -2.34. The molecule has 0 aromatic heterocycles. The summed E-state index contributed by atoms with van der Waals surface area (Å²) in [6.07, 6.45) is 2.00. The number of hydrogen-bond acceptors (Lipinski definition) is 6. The van der Waals surface area contributed by atoms with Gasteiger partial charge in [-0.3, -0.25) is 14.6 Å². The van der Waals surface area contributed by atoms with E-state index in [-0.39, 0.29) is 25.2 Å². The predicted molar refractivity (Wildman–Crippen MR) is 114 cm³/mol. The molecule has 0 radical (unpaired) electrons. The molecule has 6 heteroatoms. The van der Waals surface area contributed by atoms with Crippen molar-refractivity contribution in [1.29, 1.82) is 0 Å². The van der Waals surface area contributed by atoms with E-state index in [4.69, 9.17) is 14.2 Å². The Bertz CT molecular complexity index is 1100. The fourth-order valence-corrected chi connectivity index (χ4v) is 4.60. The summed E-state index contributed by atoms with van der Waals surface area (Å²) in [6.45, 7) is 2.19. The monoisotopic (exact) mass is 417 g/mol. The van der Waals surface area contributed by atoms with Gasteiger partial charge in [0.1, 0.15) is 12.5 Å². The highest BCUT2D eigenvalue weighted by atomic mass is 16.7. The quantitative estimate of drug-likeness (QED) is 0.692. The average molecular weight is 417 g/mol. The Labute approximate surface area is 180 Å². The van der Waals surface area contributed by atoms with Gasteiger partial charge in [0.05, 0.1) is 0 Å². The SMILES string of the molecule is CC1=NC2=C(C(=O)CCC2)[C@H](c2ccc3c(c2)OCO3)C1C(=O)OCc1ccccc1. The van der Waals surface area contributed by atoms with E-state index in [1.165, 1.54) is 0 Å². The van der Waals surface area contributed by atoms with Crippen LogP contribution in [0.2, 0.25) is 0 Å². The molecule has 3 aliphatic rings. The van der Waals surface area contributed by atoms with E-state index < -0.39 is 11.8 Å². The molecule has 1 aliphatic carbocycles. The summed E-state index contributed by atoms with van der Waals surface area (Å²) < 4.78 is 16.7. The molecular formula is C25H23NO5. The number of allylic oxidation sites excluding steroid dienone is 2. The number of Topliss-reactive ketones (excluding diaryl/α,β-unsaturated/α-hetero) is 1. The normalized spacial score (nSPS) is 22.1. The summed E-state index contributed by atoms with van der Waals surface area (Å²) in [5, 5.41) is 0. The Kier molecular flexibility index (Phi) is 5.06. The number of carbonyl (C=O) groups is 2. The standard InChI is InChI=1S/C25H23NO5/c1-15-22(25(28)29-13-16-6-3-2-4-7-16)23(24-18(26-15)8-5-9-19(24)27)17-10-11-20-21(12-17)31-14-30-20/h2-4,6-7,10-12,22-23H,5,8-9,13-14H2,1H3/t22?,23-/m1/s1. The van der Waals surface area contributed by atoms with Crippen molar-refractivity contribution in [1.82, 2.24) is 0 Å². The number of ketones is 1. The molecule has 0 spiro atoms. The van der Waals surface area contributed by atoms with Crippen molar-refractivity contribution >= 4 is 17.5 Å². The summed E-state index contributed by atoms with van der Waals surface area (Å²) in [4.78, 5) is 30.9. The molecule has 6 nitrogen and oxygen atoms in total. The smallest absolute Gasteiger partial charge is 0.315 e. The third-order valence-corrected chi connectivity index (χ3v) is 6.07. The van der Waals surface area contributed by atoms with Crippen molar-refractivity contribution in [3.63, 3.8) is 0 Å². The van der Waals surface area contributed by atoms with Gasteiger partial charge in [-0.05, 0) is 43.0 Å². The van der Waals surface area contributed by atoms with Gasteiger partial charge in [0.15, 0.2) is 17.3 Å². The van der Waals surface area contributed by atoms with Crippen LogP contribution < -0.4 is 9.47 Å². The van der Waals surface area contributed by atoms with Gasteiger partial charge in [-0.25, -0.2) is 0 Å². The maximum absolute atomic E-state index is 13.3. The molecule has 31 heavy (non-hydrogen) atoms. The third-order valence-electron chi connectivity index (χ3n) is 6.07. The molecular weight excluding hydrogens is 394 g/mol. The van der Waals surface area contributed by atoms with E-state index in [1.807, 2.05) is 55.5 Å². The highest BCUT2D eigenvalue weighted by Gasteiger charge is 2.43. The van der Waals surface area contributed by atoms with Crippen LogP contribution in [0.4, 0.5) is 0 Å². The van der Waals surface area contributed by atoms with Crippen molar-refractivity contribution in [2.24, 2.45) is 10.9 Å². The summed E-state index contributed by atoms with van der Waals surface area (Å²) in [7, 11) is 0. The van der Waals surface area contributed by atoms with Crippen LogP contribution in [-0.4, -0.2) is 24.3 Å². The molecule has 2 aromatic carbocycles. The first-order valence-electron chi connectivity index (χ1n) is 10.5. The lowest BCUT2D eigenvalue weighted by atomic mass is 9.71. The van der Waals surface area contributed by atoms with Crippen LogP contribution in [0.1, 0.15) is 43.2 Å². The number of carbonyl (C=O) groups excluding carboxylic acids is 2. The molecule has 0 N–H and O–H groups in total. The highest BCUT2D eigenvalue weighted by Crippen LogP contribution is 2.46. The molecule has 158 valence electrons. The first-order chi connectivity index (χ1) is 15.1. The van der Waals surface area contributed by atoms with Gasteiger partial charge in [0.25, 0.3) is 0 Å². The highest BCUT2D eigenvalue weighted by molar-refractivity contribution is 6.08. The molecule has 2 aliphatic heterocycles. The van der Waals surface area contributed by atoms with Crippen molar-refractivity contribution in [2.45, 2.75) is 38.7 Å². The fourth-order valence-electron chi connectivity index (χ4n) is 4.60. The molecule has 2 aromatic rings. The predicted octanol–water partition coefficient (Wildman–Crippen LogP) is 4.34. The van der Waals surface area contributed by atoms with E-state index in [2.05, 4.69) is 4.99 Å². The molecule has 1 unspecified atom stereocenters. The van der Waals surface area contributed by atoms with Gasteiger partial charge in [0.2, 0.25) is 6.79 Å². The van der Waals surface area contributed by atoms with Crippen LogP contribution in [0, 0.1) is 5.92 Å². The summed E-state index contributed by atoms with van der Waals surface area (Å²) in [6, 6.07) is 15.2. The van der Waals surface area contributed by atoms with Crippen molar-refractivity contribution in [2.75, 3.05) is 6.79 Å². The maximum atomic E-state index is 13.3. The lowest BCUT2D eigenvalue weighted by Crippen LogP contribution is -2.37. The Morgan fingerprint density at radius 1 is 1.10 bits per heavy atom. The zero-order valence-corrected chi connectivity index (χ0v) is 17.3. The van der Waals surface area contributed by atoms with Crippen molar-refractivity contribution < 1.29 is 23.8 Å². The Morgan fingerprint density at radius 3 is 2.74 bits per heavy atom. The Balaban J connectivity index is 1.52. The molecule has 0 saturated carbocycles. The van der Waals surface area contributed by atoms with Crippen LogP contribution in [0.25, 0.3) is 0 Å². The molecule has 0 fully saturated rings. The number of ether oxygens (including phenoxy) is 3. The molecule has 2 heterocycles. The average Bonchev–Trinajstić information content (AvgIpc) is 3.25. The minimum absolute atomic E-state index is 0.0565. The minimum atomic E-state index is -0.662. The number of rotatable bonds is 4. The Morgan fingerprint density at radius 2 is 1.90 bits per heavy atom. The van der Waals surface area contributed by atoms with Crippen LogP contribution >= 0.6 is 0 Å². The number of benzene rings is 2. The van der Waals surface area contributed by atoms with Crippen molar-refractivity contribution in [3.05, 3.63) is 70.9 Å². The van der Waals surface area contributed by atoms with Gasteiger partial charge >= 0.3 is 5.97 Å². The van der Waals surface area contributed by atoms with Crippen LogP contribution in [0.15, 0.2) is 64.8 Å². The fraction of sp³-hybridized carbons (Fsp3) is 0.320. The molecule has 5 rings (SSSR count). The molecule has 2 atom stereocenters. The maximum Gasteiger partial charge on any atom is 0.315 e. The van der Waals surface area contributed by atoms with E-state index in [1.54, 1.807) is 0 Å². The first-order valence-corrected chi connectivity index (χ1v) is 10.5. The summed E-state index contributed by atoms with van der Waals surface area (Å²) in [5.41, 5.74) is 3.85. The first kappa shape index (κ1) is 19.5. The molecule has 0 bridgehead atoms. The van der Waals surface area contributed by atoms with Crippen LogP contribution in [0.5, 0.6) is 11.5 Å². The number of fused-ring (bicyclic) bond motifs is 1. The number of aliphatic imine (C=N–C) groups is 1. The number of hydrogen-bond donors (Lipinski definition) is 0. The van der Waals surface area contributed by atoms with Crippen LogP contribution in [0.3, 0.4) is 0 Å². The topological polar surface area (TPSA) is 74.2 Å². The zero-order chi connectivity index (χ0) is 21.4. The third kappa shape index (κ3) is 3.63. The van der Waals surface area contributed by atoms with Gasteiger partial charge in [-0.15, -0.1) is 0 Å². The van der Waals surface area contributed by atoms with E-state index in [0.717, 1.165) is 29.7 Å². The van der Waals surface area contributed by atoms with E-state index >= 15 is 0 Å². The lowest BCUT2D eigenvalue weighted by molar-refractivity contribution is -0.148. The second-order valence-electron chi connectivity index (χ2n) is 8.05. The van der Waals surface area contributed by atoms with E-state index in [9.17, 15) is 9.59 Å². The van der Waals surface area contributed by atoms with Gasteiger partial charge < -0.3 is 14.2 Å². The number of nitrogens with zero attached hydrogens (tertiary/aromatic N) is 1. The summed E-state index contributed by atoms with van der Waals surface area (Å²) in [5.74, 6) is -0.140. The van der Waals surface area contributed by atoms with Gasteiger partial charge in [-0.1, -0.05) is 36.4 Å².